The molecule has 0 bridgehead atoms. The van der Waals surface area contributed by atoms with Gasteiger partial charge in [-0.05, 0) is 68.5 Å². The average molecular weight is 409 g/mol. The number of likely N-dealkylation sites (tertiary alicyclic amines) is 1. The lowest BCUT2D eigenvalue weighted by molar-refractivity contribution is -0.140. The fourth-order valence-electron chi connectivity index (χ4n) is 3.91. The van der Waals surface area contributed by atoms with E-state index in [1.807, 2.05) is 36.9 Å². The lowest BCUT2D eigenvalue weighted by Gasteiger charge is -2.38. The van der Waals surface area contributed by atoms with Gasteiger partial charge in [-0.2, -0.15) is 0 Å². The highest BCUT2D eigenvalue weighted by Gasteiger charge is 2.29. The highest BCUT2D eigenvalue weighted by molar-refractivity contribution is 5.92. The van der Waals surface area contributed by atoms with Gasteiger partial charge in [-0.15, -0.1) is 0 Å². The summed E-state index contributed by atoms with van der Waals surface area (Å²) < 4.78 is 10.3. The van der Waals surface area contributed by atoms with Crippen LogP contribution in [0.25, 0.3) is 11.1 Å². The maximum absolute atomic E-state index is 12.6. The molecule has 0 saturated carbocycles. The molecule has 0 aliphatic carbocycles. The van der Waals surface area contributed by atoms with E-state index in [0.29, 0.717) is 11.3 Å². The Morgan fingerprint density at radius 3 is 2.27 bits per heavy atom. The Morgan fingerprint density at radius 2 is 1.63 bits per heavy atom. The van der Waals surface area contributed by atoms with Crippen LogP contribution in [0.5, 0.6) is 5.75 Å². The molecule has 158 valence electrons. The van der Waals surface area contributed by atoms with Gasteiger partial charge in [0.25, 0.3) is 5.91 Å². The number of piperidine rings is 1. The average Bonchev–Trinajstić information content (AvgIpc) is 2.72. The van der Waals surface area contributed by atoms with Crippen LogP contribution in [0.4, 0.5) is 0 Å². The Hall–Kier alpha value is -3.15. The summed E-state index contributed by atoms with van der Waals surface area (Å²) >= 11 is 0. The number of carbonyl (C=O) groups is 3. The van der Waals surface area contributed by atoms with Crippen LogP contribution < -0.4 is 4.74 Å². The first-order valence-corrected chi connectivity index (χ1v) is 10.2. The summed E-state index contributed by atoms with van der Waals surface area (Å²) in [7, 11) is 0. The quantitative estimate of drug-likeness (QED) is 0.546. The Labute approximate surface area is 176 Å². The van der Waals surface area contributed by atoms with E-state index in [0.717, 1.165) is 30.4 Å². The molecular formula is C24H27NO5. The summed E-state index contributed by atoms with van der Waals surface area (Å²) in [5, 5.41) is 0. The van der Waals surface area contributed by atoms with Crippen LogP contribution in [-0.2, 0) is 14.3 Å². The predicted molar refractivity (Wildman–Crippen MR) is 113 cm³/mol. The van der Waals surface area contributed by atoms with Crippen molar-refractivity contribution in [3.8, 4) is 16.9 Å². The lowest BCUT2D eigenvalue weighted by atomic mass is 9.97. The molecule has 0 unspecified atom stereocenters. The summed E-state index contributed by atoms with van der Waals surface area (Å²) in [6.07, 6.45) is 3.06. The maximum atomic E-state index is 12.6. The van der Waals surface area contributed by atoms with Gasteiger partial charge in [0, 0.05) is 19.0 Å². The Morgan fingerprint density at radius 1 is 0.967 bits per heavy atom. The second-order valence-electron chi connectivity index (χ2n) is 7.70. The Bertz CT molecular complexity index is 911. The molecule has 2 aromatic carbocycles. The normalized spacial score (nSPS) is 18.6. The van der Waals surface area contributed by atoms with Gasteiger partial charge in [0.05, 0.1) is 5.56 Å². The van der Waals surface area contributed by atoms with Gasteiger partial charge in [-0.25, -0.2) is 4.79 Å². The molecule has 6 nitrogen and oxygen atoms in total. The first-order chi connectivity index (χ1) is 14.3. The summed E-state index contributed by atoms with van der Waals surface area (Å²) in [6, 6.07) is 14.4. The van der Waals surface area contributed by atoms with Crippen molar-refractivity contribution in [3.05, 3.63) is 54.1 Å². The van der Waals surface area contributed by atoms with Crippen LogP contribution in [0, 0.1) is 0 Å². The highest BCUT2D eigenvalue weighted by atomic mass is 16.5. The molecule has 1 aliphatic rings. The van der Waals surface area contributed by atoms with Crippen molar-refractivity contribution < 1.29 is 23.9 Å². The van der Waals surface area contributed by atoms with Crippen LogP contribution in [0.1, 0.15) is 50.4 Å². The zero-order valence-corrected chi connectivity index (χ0v) is 17.6. The lowest BCUT2D eigenvalue weighted by Crippen LogP contribution is -2.49. The summed E-state index contributed by atoms with van der Waals surface area (Å²) in [4.78, 5) is 37.9. The standard InChI is InChI=1S/C24H27NO5/c1-16-6-4-7-17(2)25(16)23(27)15-29-24(28)21-9-5-8-20(14-21)19-10-12-22(13-11-19)30-18(3)26/h5,8-14,16-17H,4,6-7,15H2,1-3H3/t16-,17-/m1/s1. The fourth-order valence-corrected chi connectivity index (χ4v) is 3.91. The van der Waals surface area contributed by atoms with Gasteiger partial charge < -0.3 is 14.4 Å². The summed E-state index contributed by atoms with van der Waals surface area (Å²) in [6.45, 7) is 5.16. The van der Waals surface area contributed by atoms with Crippen LogP contribution in [0.15, 0.2) is 48.5 Å². The van der Waals surface area contributed by atoms with Crippen molar-refractivity contribution in [2.75, 3.05) is 6.61 Å². The Kier molecular flexibility index (Phi) is 6.87. The largest absolute Gasteiger partial charge is 0.452 e. The van der Waals surface area contributed by atoms with E-state index in [1.54, 1.807) is 30.3 Å². The minimum atomic E-state index is -0.529. The molecular weight excluding hydrogens is 382 g/mol. The van der Waals surface area contributed by atoms with Crippen molar-refractivity contribution in [1.29, 1.82) is 0 Å². The zero-order chi connectivity index (χ0) is 21.7. The zero-order valence-electron chi connectivity index (χ0n) is 17.6. The Balaban J connectivity index is 1.64. The minimum absolute atomic E-state index is 0.153. The van der Waals surface area contributed by atoms with Gasteiger partial charge in [-0.3, -0.25) is 9.59 Å². The second-order valence-corrected chi connectivity index (χ2v) is 7.70. The predicted octanol–water partition coefficient (Wildman–Crippen LogP) is 4.23. The van der Waals surface area contributed by atoms with Crippen LogP contribution in [-0.4, -0.2) is 41.4 Å². The molecule has 1 fully saturated rings. The van der Waals surface area contributed by atoms with E-state index in [2.05, 4.69) is 0 Å². The molecule has 1 amide bonds. The molecule has 6 heteroatoms. The molecule has 1 saturated heterocycles. The van der Waals surface area contributed by atoms with Crippen molar-refractivity contribution >= 4 is 17.8 Å². The number of benzene rings is 2. The molecule has 30 heavy (non-hydrogen) atoms. The van der Waals surface area contributed by atoms with Crippen molar-refractivity contribution in [2.24, 2.45) is 0 Å². The van der Waals surface area contributed by atoms with Crippen molar-refractivity contribution in [1.82, 2.24) is 4.90 Å². The summed E-state index contributed by atoms with van der Waals surface area (Å²) in [5.74, 6) is -0.601. The van der Waals surface area contributed by atoms with E-state index < -0.39 is 5.97 Å². The molecule has 1 aliphatic heterocycles. The number of ether oxygens (including phenoxy) is 2. The first kappa shape index (κ1) is 21.6. The molecule has 0 N–H and O–H groups in total. The van der Waals surface area contributed by atoms with Crippen LogP contribution >= 0.6 is 0 Å². The number of carbonyl (C=O) groups excluding carboxylic acids is 3. The second kappa shape index (κ2) is 9.57. The number of amides is 1. The van der Waals surface area contributed by atoms with E-state index >= 15 is 0 Å². The molecule has 1 heterocycles. The van der Waals surface area contributed by atoms with Gasteiger partial charge in [-0.1, -0.05) is 24.3 Å². The van der Waals surface area contributed by atoms with Gasteiger partial charge >= 0.3 is 11.9 Å². The van der Waals surface area contributed by atoms with Crippen molar-refractivity contribution in [2.45, 2.75) is 52.1 Å². The van der Waals surface area contributed by atoms with Crippen LogP contribution in [0.2, 0.25) is 0 Å². The third-order valence-corrected chi connectivity index (χ3v) is 5.36. The van der Waals surface area contributed by atoms with Gasteiger partial charge in [0.2, 0.25) is 0 Å². The maximum Gasteiger partial charge on any atom is 0.338 e. The third-order valence-electron chi connectivity index (χ3n) is 5.36. The molecule has 0 aromatic heterocycles. The first-order valence-electron chi connectivity index (χ1n) is 10.2. The number of esters is 2. The number of nitrogens with zero attached hydrogens (tertiary/aromatic N) is 1. The summed E-state index contributed by atoms with van der Waals surface area (Å²) in [5.41, 5.74) is 2.07. The molecule has 3 rings (SSSR count). The molecule has 0 radical (unpaired) electrons. The number of rotatable bonds is 5. The molecule has 0 spiro atoms. The molecule has 2 atom stereocenters. The van der Waals surface area contributed by atoms with E-state index in [1.165, 1.54) is 6.92 Å². The highest BCUT2D eigenvalue weighted by Crippen LogP contribution is 2.25. The van der Waals surface area contributed by atoms with Crippen LogP contribution in [0.3, 0.4) is 0 Å². The van der Waals surface area contributed by atoms with Gasteiger partial charge in [0.15, 0.2) is 6.61 Å². The van der Waals surface area contributed by atoms with Crippen molar-refractivity contribution in [3.63, 3.8) is 0 Å². The topological polar surface area (TPSA) is 72.9 Å². The van der Waals surface area contributed by atoms with E-state index in [4.69, 9.17) is 9.47 Å². The minimum Gasteiger partial charge on any atom is -0.452 e. The number of hydrogen-bond acceptors (Lipinski definition) is 5. The number of hydrogen-bond donors (Lipinski definition) is 0. The van der Waals surface area contributed by atoms with E-state index in [-0.39, 0.29) is 30.6 Å². The van der Waals surface area contributed by atoms with E-state index in [9.17, 15) is 14.4 Å². The van der Waals surface area contributed by atoms with Gasteiger partial charge in [0.1, 0.15) is 5.75 Å². The SMILES string of the molecule is CC(=O)Oc1ccc(-c2cccc(C(=O)OCC(=O)N3[C@H](C)CCC[C@H]3C)c2)cc1. The fraction of sp³-hybridized carbons (Fsp3) is 0.375. The molecule has 2 aromatic rings. The third kappa shape index (κ3) is 5.26. The smallest absolute Gasteiger partial charge is 0.338 e. The monoisotopic (exact) mass is 409 g/mol.